The minimum absolute atomic E-state index is 0.0889. The van der Waals surface area contributed by atoms with Gasteiger partial charge in [-0.15, -0.1) is 0 Å². The third-order valence-electron chi connectivity index (χ3n) is 5.35. The average molecular weight is 328 g/mol. The largest absolute Gasteiger partial charge is 0.326 e. The summed E-state index contributed by atoms with van der Waals surface area (Å²) in [5, 5.41) is 3.02. The van der Waals surface area contributed by atoms with Gasteiger partial charge in [-0.2, -0.15) is 0 Å². The Kier molecular flexibility index (Phi) is 5.54. The summed E-state index contributed by atoms with van der Waals surface area (Å²) in [6, 6.07) is 5.98. The zero-order chi connectivity index (χ0) is 16.9. The van der Waals surface area contributed by atoms with Crippen LogP contribution in [0.15, 0.2) is 18.2 Å². The molecule has 2 amide bonds. The van der Waals surface area contributed by atoms with E-state index in [1.54, 1.807) is 0 Å². The summed E-state index contributed by atoms with van der Waals surface area (Å²) < 4.78 is 0. The third kappa shape index (κ3) is 3.97. The molecule has 24 heavy (non-hydrogen) atoms. The molecule has 1 heterocycles. The van der Waals surface area contributed by atoms with Gasteiger partial charge >= 0.3 is 0 Å². The van der Waals surface area contributed by atoms with Crippen LogP contribution in [0.1, 0.15) is 63.9 Å². The normalized spacial score (nSPS) is 17.6. The van der Waals surface area contributed by atoms with E-state index in [-0.39, 0.29) is 11.8 Å². The molecule has 0 atom stereocenters. The lowest BCUT2D eigenvalue weighted by atomic mass is 10.00. The quantitative estimate of drug-likeness (QED) is 0.877. The van der Waals surface area contributed by atoms with Crippen LogP contribution in [0.4, 0.5) is 11.4 Å². The number of hydrogen-bond acceptors (Lipinski definition) is 2. The summed E-state index contributed by atoms with van der Waals surface area (Å²) in [4.78, 5) is 26.2. The van der Waals surface area contributed by atoms with E-state index in [0.29, 0.717) is 12.8 Å². The fourth-order valence-corrected chi connectivity index (χ4v) is 3.96. The van der Waals surface area contributed by atoms with E-state index in [4.69, 9.17) is 0 Å². The molecular formula is C20H28N2O2. The van der Waals surface area contributed by atoms with E-state index in [1.165, 1.54) is 31.2 Å². The summed E-state index contributed by atoms with van der Waals surface area (Å²) in [6.07, 6.45) is 9.30. The number of rotatable bonds is 5. The van der Waals surface area contributed by atoms with E-state index in [9.17, 15) is 9.59 Å². The first-order valence-corrected chi connectivity index (χ1v) is 9.40. The molecule has 0 bridgehead atoms. The molecule has 0 radical (unpaired) electrons. The van der Waals surface area contributed by atoms with Gasteiger partial charge in [0.1, 0.15) is 0 Å². The van der Waals surface area contributed by atoms with Crippen molar-refractivity contribution in [1.29, 1.82) is 0 Å². The van der Waals surface area contributed by atoms with Crippen LogP contribution in [0.2, 0.25) is 0 Å². The lowest BCUT2D eigenvalue weighted by Gasteiger charge is -2.29. The fraction of sp³-hybridized carbons (Fsp3) is 0.600. The van der Waals surface area contributed by atoms with Crippen molar-refractivity contribution in [3.8, 4) is 0 Å². The molecule has 1 aromatic carbocycles. The Morgan fingerprint density at radius 3 is 2.75 bits per heavy atom. The lowest BCUT2D eigenvalue weighted by molar-refractivity contribution is -0.118. The van der Waals surface area contributed by atoms with Crippen LogP contribution in [0.3, 0.4) is 0 Å². The second kappa shape index (κ2) is 7.82. The Hall–Kier alpha value is -1.84. The lowest BCUT2D eigenvalue weighted by Crippen LogP contribution is -2.35. The van der Waals surface area contributed by atoms with Crippen LogP contribution in [0.5, 0.6) is 0 Å². The minimum atomic E-state index is 0.0889. The highest BCUT2D eigenvalue weighted by atomic mass is 16.2. The number of benzene rings is 1. The summed E-state index contributed by atoms with van der Waals surface area (Å²) in [7, 11) is 0. The zero-order valence-electron chi connectivity index (χ0n) is 14.6. The number of hydrogen-bond donors (Lipinski definition) is 1. The van der Waals surface area contributed by atoms with Crippen molar-refractivity contribution in [3.05, 3.63) is 23.8 Å². The number of carbonyl (C=O) groups is 2. The van der Waals surface area contributed by atoms with E-state index in [2.05, 4.69) is 11.4 Å². The van der Waals surface area contributed by atoms with Crippen molar-refractivity contribution >= 4 is 23.2 Å². The Balaban J connectivity index is 1.64. The molecule has 0 saturated heterocycles. The summed E-state index contributed by atoms with van der Waals surface area (Å²) in [5.74, 6) is 0.976. The molecule has 130 valence electrons. The van der Waals surface area contributed by atoms with Gasteiger partial charge in [-0.25, -0.2) is 0 Å². The van der Waals surface area contributed by atoms with Gasteiger partial charge in [0.05, 0.1) is 0 Å². The first-order valence-electron chi connectivity index (χ1n) is 9.40. The standard InChI is InChI=1S/C20H28N2O2/c1-2-20(24)22-13-5-8-16-10-11-17(14-18(16)22)21-19(23)12-9-15-6-3-4-7-15/h10-11,14-15H,2-9,12-13H2,1H3,(H,21,23). The van der Waals surface area contributed by atoms with E-state index in [1.807, 2.05) is 24.0 Å². The van der Waals surface area contributed by atoms with Crippen LogP contribution >= 0.6 is 0 Å². The van der Waals surface area contributed by atoms with Gasteiger partial charge in [0, 0.05) is 30.8 Å². The Morgan fingerprint density at radius 2 is 2.00 bits per heavy atom. The number of nitrogens with one attached hydrogen (secondary N) is 1. The smallest absolute Gasteiger partial charge is 0.226 e. The molecule has 1 N–H and O–H groups in total. The predicted octanol–water partition coefficient (Wildman–Crippen LogP) is 4.28. The third-order valence-corrected chi connectivity index (χ3v) is 5.35. The number of fused-ring (bicyclic) bond motifs is 1. The second-order valence-electron chi connectivity index (χ2n) is 7.08. The van der Waals surface area contributed by atoms with Gasteiger partial charge in [-0.05, 0) is 42.9 Å². The van der Waals surface area contributed by atoms with Crippen molar-refractivity contribution in [2.75, 3.05) is 16.8 Å². The van der Waals surface area contributed by atoms with Crippen molar-refractivity contribution < 1.29 is 9.59 Å². The molecule has 3 rings (SSSR count). The molecule has 1 aliphatic heterocycles. The maximum Gasteiger partial charge on any atom is 0.226 e. The number of amides is 2. The molecule has 4 heteroatoms. The van der Waals surface area contributed by atoms with E-state index in [0.717, 1.165) is 43.1 Å². The maximum atomic E-state index is 12.2. The maximum absolute atomic E-state index is 12.2. The Bertz CT molecular complexity index is 606. The van der Waals surface area contributed by atoms with Gasteiger partial charge in [0.15, 0.2) is 0 Å². The fourth-order valence-electron chi connectivity index (χ4n) is 3.96. The molecule has 1 saturated carbocycles. The first kappa shape index (κ1) is 17.0. The number of aryl methyl sites for hydroxylation is 1. The highest BCUT2D eigenvalue weighted by Crippen LogP contribution is 2.31. The SMILES string of the molecule is CCC(=O)N1CCCc2ccc(NC(=O)CCC3CCCC3)cc21. The van der Waals surface area contributed by atoms with E-state index >= 15 is 0 Å². The molecule has 0 aromatic heterocycles. The Labute approximate surface area is 144 Å². The van der Waals surface area contributed by atoms with Gasteiger partial charge in [-0.1, -0.05) is 38.7 Å². The highest BCUT2D eigenvalue weighted by molar-refractivity contribution is 5.96. The van der Waals surface area contributed by atoms with Crippen molar-refractivity contribution in [2.45, 2.75) is 64.7 Å². The van der Waals surface area contributed by atoms with Crippen LogP contribution in [0.25, 0.3) is 0 Å². The summed E-state index contributed by atoms with van der Waals surface area (Å²) >= 11 is 0. The van der Waals surface area contributed by atoms with Crippen molar-refractivity contribution in [2.24, 2.45) is 5.92 Å². The van der Waals surface area contributed by atoms with Crippen molar-refractivity contribution in [3.63, 3.8) is 0 Å². The molecule has 0 spiro atoms. The molecule has 1 fully saturated rings. The number of carbonyl (C=O) groups excluding carboxylic acids is 2. The summed E-state index contributed by atoms with van der Waals surface area (Å²) in [5.41, 5.74) is 2.98. The molecule has 0 unspecified atom stereocenters. The number of nitrogens with zero attached hydrogens (tertiary/aromatic N) is 1. The van der Waals surface area contributed by atoms with Crippen LogP contribution < -0.4 is 10.2 Å². The molecule has 1 aromatic rings. The number of anilines is 2. The van der Waals surface area contributed by atoms with E-state index < -0.39 is 0 Å². The van der Waals surface area contributed by atoms with Gasteiger partial charge in [-0.3, -0.25) is 9.59 Å². The Morgan fingerprint density at radius 1 is 1.21 bits per heavy atom. The highest BCUT2D eigenvalue weighted by Gasteiger charge is 2.22. The van der Waals surface area contributed by atoms with Crippen molar-refractivity contribution in [1.82, 2.24) is 0 Å². The predicted molar refractivity (Wildman–Crippen MR) is 97.2 cm³/mol. The first-order chi connectivity index (χ1) is 11.7. The monoisotopic (exact) mass is 328 g/mol. The topological polar surface area (TPSA) is 49.4 Å². The van der Waals surface area contributed by atoms with Gasteiger partial charge < -0.3 is 10.2 Å². The summed E-state index contributed by atoms with van der Waals surface area (Å²) in [6.45, 7) is 2.67. The molecular weight excluding hydrogens is 300 g/mol. The minimum Gasteiger partial charge on any atom is -0.326 e. The average Bonchev–Trinajstić information content (AvgIpc) is 3.12. The van der Waals surface area contributed by atoms with Crippen LogP contribution in [-0.2, 0) is 16.0 Å². The molecule has 1 aliphatic carbocycles. The zero-order valence-corrected chi connectivity index (χ0v) is 14.6. The second-order valence-corrected chi connectivity index (χ2v) is 7.08. The molecule has 2 aliphatic rings. The molecule has 4 nitrogen and oxygen atoms in total. The van der Waals surface area contributed by atoms with Crippen LogP contribution in [-0.4, -0.2) is 18.4 Å². The van der Waals surface area contributed by atoms with Gasteiger partial charge in [0.25, 0.3) is 0 Å². The van der Waals surface area contributed by atoms with Crippen LogP contribution in [0, 0.1) is 5.92 Å². The van der Waals surface area contributed by atoms with Gasteiger partial charge in [0.2, 0.25) is 11.8 Å².